The Kier molecular flexibility index (Phi) is 4.84. The molecule has 0 atom stereocenters. The molecule has 2 rings (SSSR count). The first kappa shape index (κ1) is 17.4. The van der Waals surface area contributed by atoms with Gasteiger partial charge in [-0.2, -0.15) is 0 Å². The van der Waals surface area contributed by atoms with Crippen molar-refractivity contribution < 1.29 is 22.9 Å². The highest BCUT2D eigenvalue weighted by molar-refractivity contribution is 7.92. The van der Waals surface area contributed by atoms with Gasteiger partial charge < -0.3 is 4.74 Å². The second-order valence-corrected chi connectivity index (χ2v) is 6.45. The van der Waals surface area contributed by atoms with Crippen LogP contribution in [0.25, 0.3) is 0 Å². The number of nitrogens with zero attached hydrogens (tertiary/aromatic N) is 1. The number of benzene rings is 2. The monoisotopic (exact) mass is 350 g/mol. The van der Waals surface area contributed by atoms with E-state index >= 15 is 0 Å². The molecule has 0 bridgehead atoms. The summed E-state index contributed by atoms with van der Waals surface area (Å²) in [6, 6.07) is 9.41. The molecule has 24 heavy (non-hydrogen) atoms. The molecule has 1 N–H and O–H groups in total. The number of carbonyl (C=O) groups is 1. The summed E-state index contributed by atoms with van der Waals surface area (Å²) in [6.07, 6.45) is 0. The quantitative estimate of drug-likeness (QED) is 0.486. The fourth-order valence-electron chi connectivity index (χ4n) is 2.07. The smallest absolute Gasteiger partial charge is 0.293 e. The zero-order valence-electron chi connectivity index (χ0n) is 12.8. The summed E-state index contributed by atoms with van der Waals surface area (Å²) < 4.78 is 32.2. The number of hydrogen-bond acceptors (Lipinski definition) is 6. The third-order valence-corrected chi connectivity index (χ3v) is 4.62. The predicted octanol–water partition coefficient (Wildman–Crippen LogP) is 2.61. The van der Waals surface area contributed by atoms with Gasteiger partial charge in [0, 0.05) is 5.56 Å². The molecule has 0 aliphatic carbocycles. The number of nitro benzene ring substituents is 1. The normalized spacial score (nSPS) is 10.9. The number of para-hydroxylation sites is 1. The van der Waals surface area contributed by atoms with Crippen molar-refractivity contribution in [3.63, 3.8) is 0 Å². The lowest BCUT2D eigenvalue weighted by Crippen LogP contribution is -2.16. The number of methoxy groups -OCH3 is 1. The zero-order chi connectivity index (χ0) is 17.9. The van der Waals surface area contributed by atoms with Gasteiger partial charge in [-0.25, -0.2) is 8.42 Å². The number of ketones is 1. The summed E-state index contributed by atoms with van der Waals surface area (Å²) in [7, 11) is -2.96. The minimum Gasteiger partial charge on any atom is -0.497 e. The van der Waals surface area contributed by atoms with Gasteiger partial charge in [-0.1, -0.05) is 12.1 Å². The summed E-state index contributed by atoms with van der Waals surface area (Å²) in [4.78, 5) is 21.4. The minimum atomic E-state index is -4.27. The Bertz CT molecular complexity index is 908. The minimum absolute atomic E-state index is 0.0510. The Morgan fingerprint density at radius 1 is 1.21 bits per heavy atom. The molecule has 2 aromatic carbocycles. The molecule has 0 amide bonds. The largest absolute Gasteiger partial charge is 0.497 e. The molecule has 0 aliphatic heterocycles. The molecular formula is C15H14N2O6S. The molecule has 0 saturated heterocycles. The van der Waals surface area contributed by atoms with Crippen LogP contribution in [0.5, 0.6) is 5.75 Å². The lowest BCUT2D eigenvalue weighted by atomic mass is 10.1. The molecule has 9 heteroatoms. The van der Waals surface area contributed by atoms with Crippen molar-refractivity contribution >= 4 is 27.2 Å². The van der Waals surface area contributed by atoms with Gasteiger partial charge in [-0.15, -0.1) is 0 Å². The van der Waals surface area contributed by atoms with Gasteiger partial charge >= 0.3 is 0 Å². The maximum absolute atomic E-state index is 12.5. The first-order chi connectivity index (χ1) is 11.3. The molecule has 0 heterocycles. The van der Waals surface area contributed by atoms with E-state index < -0.39 is 25.5 Å². The van der Waals surface area contributed by atoms with Crippen LogP contribution in [0.1, 0.15) is 17.3 Å². The first-order valence-electron chi connectivity index (χ1n) is 6.71. The second-order valence-electron chi connectivity index (χ2n) is 4.80. The number of carbonyl (C=O) groups excluding carboxylic acids is 1. The average Bonchev–Trinajstić information content (AvgIpc) is 2.54. The zero-order valence-corrected chi connectivity index (χ0v) is 13.7. The highest BCUT2D eigenvalue weighted by Crippen LogP contribution is 2.30. The van der Waals surface area contributed by atoms with Crippen molar-refractivity contribution in [3.8, 4) is 5.75 Å². The summed E-state index contributed by atoms with van der Waals surface area (Å²) >= 11 is 0. The molecule has 0 aromatic heterocycles. The van der Waals surface area contributed by atoms with Crippen LogP contribution >= 0.6 is 0 Å². The number of Topliss-reactive ketones (excluding diaryl/α,β-unsaturated/α-hetero) is 1. The molecule has 2 aromatic rings. The predicted molar refractivity (Wildman–Crippen MR) is 86.9 cm³/mol. The average molecular weight is 350 g/mol. The van der Waals surface area contributed by atoms with Crippen molar-refractivity contribution in [3.05, 3.63) is 58.1 Å². The maximum Gasteiger partial charge on any atom is 0.293 e. The van der Waals surface area contributed by atoms with E-state index in [1.165, 1.54) is 32.2 Å². The number of nitrogens with one attached hydrogen (secondary N) is 1. The van der Waals surface area contributed by atoms with Crippen LogP contribution < -0.4 is 9.46 Å². The number of nitro groups is 1. The van der Waals surface area contributed by atoms with E-state index in [-0.39, 0.29) is 22.8 Å². The van der Waals surface area contributed by atoms with E-state index in [1.807, 2.05) is 0 Å². The molecular weight excluding hydrogens is 336 g/mol. The molecule has 0 saturated carbocycles. The highest BCUT2D eigenvalue weighted by atomic mass is 32.2. The first-order valence-corrected chi connectivity index (χ1v) is 8.20. The maximum atomic E-state index is 12.5. The van der Waals surface area contributed by atoms with Gasteiger partial charge in [0.2, 0.25) is 0 Å². The molecule has 126 valence electrons. The fraction of sp³-hybridized carbons (Fsp3) is 0.133. The van der Waals surface area contributed by atoms with Crippen LogP contribution in [-0.2, 0) is 10.0 Å². The summed E-state index contributed by atoms with van der Waals surface area (Å²) in [5, 5.41) is 11.2. The van der Waals surface area contributed by atoms with Gasteiger partial charge in [0.05, 0.1) is 23.8 Å². The number of ether oxygens (including phenoxy) is 1. The van der Waals surface area contributed by atoms with Crippen molar-refractivity contribution in [2.75, 3.05) is 11.8 Å². The van der Waals surface area contributed by atoms with Gasteiger partial charge in [-0.05, 0) is 31.2 Å². The molecule has 0 unspecified atom stereocenters. The van der Waals surface area contributed by atoms with Crippen LogP contribution in [-0.4, -0.2) is 26.2 Å². The second kappa shape index (κ2) is 6.67. The standard InChI is InChI=1S/C15H14N2O6S/c1-10(18)12-5-3-4-6-13(12)16-24(21,22)15-8-7-11(23-2)9-14(15)17(19)20/h3-9,16H,1-2H3. The van der Waals surface area contributed by atoms with E-state index in [0.717, 1.165) is 12.1 Å². The van der Waals surface area contributed by atoms with Crippen molar-refractivity contribution in [1.29, 1.82) is 0 Å². The Morgan fingerprint density at radius 2 is 1.88 bits per heavy atom. The third-order valence-electron chi connectivity index (χ3n) is 3.20. The molecule has 0 radical (unpaired) electrons. The highest BCUT2D eigenvalue weighted by Gasteiger charge is 2.27. The van der Waals surface area contributed by atoms with Gasteiger partial charge in [0.15, 0.2) is 10.7 Å². The summed E-state index contributed by atoms with van der Waals surface area (Å²) in [5.74, 6) is -0.178. The summed E-state index contributed by atoms with van der Waals surface area (Å²) in [6.45, 7) is 1.29. The van der Waals surface area contributed by atoms with Gasteiger partial charge in [0.1, 0.15) is 5.75 Å². The van der Waals surface area contributed by atoms with E-state index in [0.29, 0.717) is 0 Å². The van der Waals surface area contributed by atoms with Gasteiger partial charge in [-0.3, -0.25) is 19.6 Å². The van der Waals surface area contributed by atoms with Gasteiger partial charge in [0.25, 0.3) is 15.7 Å². The number of sulfonamides is 1. The van der Waals surface area contributed by atoms with Crippen molar-refractivity contribution in [1.82, 2.24) is 0 Å². The lowest BCUT2D eigenvalue weighted by molar-refractivity contribution is -0.387. The fourth-order valence-corrected chi connectivity index (χ4v) is 3.31. The van der Waals surface area contributed by atoms with E-state index in [4.69, 9.17) is 4.74 Å². The topological polar surface area (TPSA) is 116 Å². The molecule has 8 nitrogen and oxygen atoms in total. The third kappa shape index (κ3) is 3.51. The molecule has 0 aliphatic rings. The molecule has 0 fully saturated rings. The van der Waals surface area contributed by atoms with Crippen LogP contribution in [0.4, 0.5) is 11.4 Å². The number of rotatable bonds is 6. The Labute approximate surface area is 138 Å². The Balaban J connectivity index is 2.53. The number of hydrogen-bond donors (Lipinski definition) is 1. The van der Waals surface area contributed by atoms with Crippen LogP contribution in [0, 0.1) is 10.1 Å². The summed E-state index contributed by atoms with van der Waals surface area (Å²) in [5.41, 5.74) is -0.408. The number of anilines is 1. The Morgan fingerprint density at radius 3 is 2.46 bits per heavy atom. The van der Waals surface area contributed by atoms with Crippen LogP contribution in [0.3, 0.4) is 0 Å². The van der Waals surface area contributed by atoms with E-state index in [1.54, 1.807) is 12.1 Å². The lowest BCUT2D eigenvalue weighted by Gasteiger charge is -2.11. The van der Waals surface area contributed by atoms with Crippen molar-refractivity contribution in [2.45, 2.75) is 11.8 Å². The van der Waals surface area contributed by atoms with Crippen molar-refractivity contribution in [2.24, 2.45) is 0 Å². The van der Waals surface area contributed by atoms with E-state index in [2.05, 4.69) is 4.72 Å². The Hall–Kier alpha value is -2.94. The SMILES string of the molecule is COc1ccc(S(=O)(=O)Nc2ccccc2C(C)=O)c([N+](=O)[O-])c1. The van der Waals surface area contributed by atoms with E-state index in [9.17, 15) is 23.3 Å². The van der Waals surface area contributed by atoms with Crippen LogP contribution in [0.2, 0.25) is 0 Å². The molecule has 0 spiro atoms. The van der Waals surface area contributed by atoms with Crippen LogP contribution in [0.15, 0.2) is 47.4 Å².